The first-order chi connectivity index (χ1) is 7.34. The summed E-state index contributed by atoms with van der Waals surface area (Å²) in [6.45, 7) is 9.84. The van der Waals surface area contributed by atoms with Gasteiger partial charge in [0, 0.05) is 17.1 Å². The first kappa shape index (κ1) is 13.6. The second kappa shape index (κ2) is 5.25. The highest BCUT2D eigenvalue weighted by Gasteiger charge is 2.24. The third-order valence-electron chi connectivity index (χ3n) is 2.85. The van der Waals surface area contributed by atoms with E-state index < -0.39 is 5.60 Å². The van der Waals surface area contributed by atoms with E-state index in [1.807, 2.05) is 27.0 Å². The zero-order chi connectivity index (χ0) is 12.3. The molecule has 1 aromatic rings. The fraction of sp³-hybridized carbons (Fsp3) is 0.750. The molecule has 0 amide bonds. The lowest BCUT2D eigenvalue weighted by molar-refractivity contribution is 0.0405. The Morgan fingerprint density at radius 3 is 2.56 bits per heavy atom. The molecule has 3 nitrogen and oxygen atoms in total. The number of nitrogens with one attached hydrogen (secondary N) is 1. The Balaban J connectivity index is 2.61. The Bertz CT molecular complexity index is 330. The van der Waals surface area contributed by atoms with Gasteiger partial charge < -0.3 is 10.4 Å². The van der Waals surface area contributed by atoms with Crippen molar-refractivity contribution in [3.05, 3.63) is 16.1 Å². The Kier molecular flexibility index (Phi) is 4.47. The Labute approximate surface area is 102 Å². The van der Waals surface area contributed by atoms with E-state index in [0.29, 0.717) is 0 Å². The summed E-state index contributed by atoms with van der Waals surface area (Å²) in [7, 11) is 0. The molecule has 1 aromatic heterocycles. The molecule has 0 aliphatic rings. The summed E-state index contributed by atoms with van der Waals surface area (Å²) in [6.07, 6.45) is 2.97. The van der Waals surface area contributed by atoms with Crippen molar-refractivity contribution in [2.45, 2.75) is 58.7 Å². The average Bonchev–Trinajstić information content (AvgIpc) is 2.64. The van der Waals surface area contributed by atoms with Crippen molar-refractivity contribution in [2.75, 3.05) is 0 Å². The largest absolute Gasteiger partial charge is 0.389 e. The molecule has 1 heterocycles. The number of aliphatic hydroxyl groups is 1. The second-order valence-corrected chi connectivity index (χ2v) is 5.93. The van der Waals surface area contributed by atoms with Gasteiger partial charge in [0.1, 0.15) is 5.01 Å². The van der Waals surface area contributed by atoms with Crippen LogP contribution in [0.5, 0.6) is 0 Å². The molecule has 2 atom stereocenters. The van der Waals surface area contributed by atoms with Crippen molar-refractivity contribution in [1.82, 2.24) is 10.3 Å². The number of thiazole rings is 1. The van der Waals surface area contributed by atoms with Crippen LogP contribution in [0, 0.1) is 0 Å². The van der Waals surface area contributed by atoms with Gasteiger partial charge in [-0.25, -0.2) is 4.98 Å². The molecule has 1 rings (SSSR count). The number of rotatable bonds is 5. The van der Waals surface area contributed by atoms with Gasteiger partial charge in [0.25, 0.3) is 0 Å². The van der Waals surface area contributed by atoms with Crippen molar-refractivity contribution in [3.8, 4) is 0 Å². The molecule has 0 saturated heterocycles. The van der Waals surface area contributed by atoms with Crippen LogP contribution >= 0.6 is 11.3 Å². The van der Waals surface area contributed by atoms with Crippen molar-refractivity contribution in [2.24, 2.45) is 0 Å². The normalized spacial score (nSPS) is 16.1. The summed E-state index contributed by atoms with van der Waals surface area (Å²) in [5, 5.41) is 14.3. The van der Waals surface area contributed by atoms with Crippen molar-refractivity contribution < 1.29 is 5.11 Å². The minimum absolute atomic E-state index is 0.0384. The van der Waals surface area contributed by atoms with Crippen LogP contribution in [0.4, 0.5) is 0 Å². The first-order valence-electron chi connectivity index (χ1n) is 5.77. The minimum atomic E-state index is -0.709. The third-order valence-corrected chi connectivity index (χ3v) is 4.17. The maximum absolute atomic E-state index is 9.85. The second-order valence-electron chi connectivity index (χ2n) is 4.78. The summed E-state index contributed by atoms with van der Waals surface area (Å²) in [4.78, 5) is 5.70. The molecule has 2 unspecified atom stereocenters. The highest BCUT2D eigenvalue weighted by molar-refractivity contribution is 7.11. The molecule has 0 spiro atoms. The molecule has 0 fully saturated rings. The topological polar surface area (TPSA) is 45.2 Å². The molecule has 0 saturated carbocycles. The van der Waals surface area contributed by atoms with E-state index >= 15 is 0 Å². The summed E-state index contributed by atoms with van der Waals surface area (Å²) in [5.41, 5.74) is -0.709. The van der Waals surface area contributed by atoms with Crippen molar-refractivity contribution in [1.29, 1.82) is 0 Å². The molecule has 4 heteroatoms. The highest BCUT2D eigenvalue weighted by atomic mass is 32.1. The number of nitrogens with zero attached hydrogens (tertiary/aromatic N) is 1. The van der Waals surface area contributed by atoms with Crippen LogP contribution in [-0.4, -0.2) is 21.7 Å². The van der Waals surface area contributed by atoms with Crippen LogP contribution < -0.4 is 5.32 Å². The van der Waals surface area contributed by atoms with Crippen LogP contribution in [0.1, 0.15) is 50.5 Å². The molecule has 0 aromatic carbocycles. The van der Waals surface area contributed by atoms with E-state index in [4.69, 9.17) is 0 Å². The standard InChI is InChI=1S/C12H22N2OS/c1-6-10-7-13-11(16-10)8(2)14-9(3)12(4,5)15/h7-9,14-15H,6H2,1-5H3. The van der Waals surface area contributed by atoms with Crippen molar-refractivity contribution >= 4 is 11.3 Å². The van der Waals surface area contributed by atoms with Gasteiger partial charge in [-0.05, 0) is 34.1 Å². The first-order valence-corrected chi connectivity index (χ1v) is 6.59. The van der Waals surface area contributed by atoms with Gasteiger partial charge in [-0.15, -0.1) is 11.3 Å². The molecular formula is C12H22N2OS. The summed E-state index contributed by atoms with van der Waals surface area (Å²) < 4.78 is 0. The maximum Gasteiger partial charge on any atom is 0.109 e. The van der Waals surface area contributed by atoms with Gasteiger partial charge in [-0.2, -0.15) is 0 Å². The lowest BCUT2D eigenvalue weighted by atomic mass is 10.0. The molecule has 0 radical (unpaired) electrons. The zero-order valence-electron chi connectivity index (χ0n) is 10.7. The molecule has 0 bridgehead atoms. The fourth-order valence-corrected chi connectivity index (χ4v) is 2.21. The summed E-state index contributed by atoms with van der Waals surface area (Å²) >= 11 is 1.74. The molecular weight excluding hydrogens is 220 g/mol. The molecule has 2 N–H and O–H groups in total. The Hall–Kier alpha value is -0.450. The fourth-order valence-electron chi connectivity index (χ4n) is 1.34. The van der Waals surface area contributed by atoms with Gasteiger partial charge in [-0.1, -0.05) is 6.92 Å². The predicted octanol–water partition coefficient (Wildman–Crippen LogP) is 2.52. The van der Waals surface area contributed by atoms with Crippen LogP contribution in [0.3, 0.4) is 0 Å². The maximum atomic E-state index is 9.85. The molecule has 0 aliphatic heterocycles. The summed E-state index contributed by atoms with van der Waals surface area (Å²) in [6, 6.07) is 0.225. The number of aryl methyl sites for hydroxylation is 1. The van der Waals surface area contributed by atoms with E-state index in [1.165, 1.54) is 4.88 Å². The van der Waals surface area contributed by atoms with Gasteiger partial charge in [0.05, 0.1) is 11.6 Å². The van der Waals surface area contributed by atoms with E-state index in [1.54, 1.807) is 11.3 Å². The lowest BCUT2D eigenvalue weighted by Gasteiger charge is -2.29. The zero-order valence-corrected chi connectivity index (χ0v) is 11.6. The molecule has 0 aliphatic carbocycles. The third kappa shape index (κ3) is 3.54. The van der Waals surface area contributed by atoms with Gasteiger partial charge in [0.15, 0.2) is 0 Å². The van der Waals surface area contributed by atoms with E-state index in [0.717, 1.165) is 11.4 Å². The Morgan fingerprint density at radius 1 is 1.50 bits per heavy atom. The van der Waals surface area contributed by atoms with Crippen molar-refractivity contribution in [3.63, 3.8) is 0 Å². The van der Waals surface area contributed by atoms with Crippen LogP contribution in [0.15, 0.2) is 6.20 Å². The van der Waals surface area contributed by atoms with Gasteiger partial charge in [-0.3, -0.25) is 0 Å². The van der Waals surface area contributed by atoms with E-state index in [-0.39, 0.29) is 12.1 Å². The van der Waals surface area contributed by atoms with E-state index in [2.05, 4.69) is 24.1 Å². The highest BCUT2D eigenvalue weighted by Crippen LogP contribution is 2.22. The van der Waals surface area contributed by atoms with Gasteiger partial charge >= 0.3 is 0 Å². The van der Waals surface area contributed by atoms with Crippen LogP contribution in [-0.2, 0) is 6.42 Å². The smallest absolute Gasteiger partial charge is 0.109 e. The average molecular weight is 242 g/mol. The van der Waals surface area contributed by atoms with E-state index in [9.17, 15) is 5.11 Å². The number of aromatic nitrogens is 1. The SMILES string of the molecule is CCc1cnc(C(C)NC(C)C(C)(C)O)s1. The molecule has 16 heavy (non-hydrogen) atoms. The number of hydrogen-bond acceptors (Lipinski definition) is 4. The summed E-state index contributed by atoms with van der Waals surface area (Å²) in [5.74, 6) is 0. The van der Waals surface area contributed by atoms with Gasteiger partial charge in [0.2, 0.25) is 0 Å². The van der Waals surface area contributed by atoms with Crippen LogP contribution in [0.25, 0.3) is 0 Å². The number of hydrogen-bond donors (Lipinski definition) is 2. The van der Waals surface area contributed by atoms with Crippen LogP contribution in [0.2, 0.25) is 0 Å². The quantitative estimate of drug-likeness (QED) is 0.834. The Morgan fingerprint density at radius 2 is 2.12 bits per heavy atom. The monoisotopic (exact) mass is 242 g/mol. The lowest BCUT2D eigenvalue weighted by Crippen LogP contribution is -2.45. The predicted molar refractivity (Wildman–Crippen MR) is 68.8 cm³/mol. The molecule has 92 valence electrons. The minimum Gasteiger partial charge on any atom is -0.389 e.